The summed E-state index contributed by atoms with van der Waals surface area (Å²) in [6, 6.07) is 16.5. The standard InChI is InChI=1S/C23H22N4O4/c28-22(29)21-24-14-27(25-21)15-9-11-26(12-10-15)23(30)31-13-20-18-7-3-1-5-16(18)17-6-2-4-8-19(17)20/h1-8,14-15,20H,9-13H2,(H,28,29). The minimum absolute atomic E-state index is 0.0261. The normalized spacial score (nSPS) is 16.1. The second-order valence-electron chi connectivity index (χ2n) is 7.88. The number of aromatic carboxylic acids is 1. The molecule has 5 rings (SSSR count). The van der Waals surface area contributed by atoms with Gasteiger partial charge in [-0.1, -0.05) is 48.5 Å². The molecule has 8 heteroatoms. The van der Waals surface area contributed by atoms with Crippen molar-refractivity contribution in [1.82, 2.24) is 19.7 Å². The quantitative estimate of drug-likeness (QED) is 0.696. The zero-order valence-electron chi connectivity index (χ0n) is 16.8. The third-order valence-corrected chi connectivity index (χ3v) is 6.13. The van der Waals surface area contributed by atoms with E-state index in [0.29, 0.717) is 32.5 Å². The van der Waals surface area contributed by atoms with Gasteiger partial charge in [0.1, 0.15) is 12.9 Å². The van der Waals surface area contributed by atoms with Crippen LogP contribution < -0.4 is 0 Å². The summed E-state index contributed by atoms with van der Waals surface area (Å²) in [6.07, 6.45) is 2.47. The zero-order valence-corrected chi connectivity index (χ0v) is 16.8. The van der Waals surface area contributed by atoms with Crippen LogP contribution in [0.25, 0.3) is 11.1 Å². The Kier molecular flexibility index (Phi) is 4.89. The van der Waals surface area contributed by atoms with Crippen LogP contribution in [0.15, 0.2) is 54.9 Å². The van der Waals surface area contributed by atoms with E-state index >= 15 is 0 Å². The third kappa shape index (κ3) is 3.54. The minimum atomic E-state index is -1.14. The molecule has 0 bridgehead atoms. The van der Waals surface area contributed by atoms with Crippen molar-refractivity contribution in [2.75, 3.05) is 19.7 Å². The van der Waals surface area contributed by atoms with Gasteiger partial charge in [0.15, 0.2) is 0 Å². The van der Waals surface area contributed by atoms with Crippen molar-refractivity contribution in [2.24, 2.45) is 0 Å². The molecule has 0 unspecified atom stereocenters. The lowest BCUT2D eigenvalue weighted by atomic mass is 9.98. The monoisotopic (exact) mass is 418 g/mol. The van der Waals surface area contributed by atoms with Gasteiger partial charge in [0.05, 0.1) is 6.04 Å². The van der Waals surface area contributed by atoms with Gasteiger partial charge in [-0.25, -0.2) is 19.3 Å². The minimum Gasteiger partial charge on any atom is -0.475 e. The van der Waals surface area contributed by atoms with Gasteiger partial charge in [-0.2, -0.15) is 0 Å². The Hall–Kier alpha value is -3.68. The first-order valence-corrected chi connectivity index (χ1v) is 10.4. The number of carboxylic acids is 1. The van der Waals surface area contributed by atoms with Crippen LogP contribution in [0, 0.1) is 0 Å². The highest BCUT2D eigenvalue weighted by Gasteiger charge is 2.31. The summed E-state index contributed by atoms with van der Waals surface area (Å²) in [5, 5.41) is 13.0. The van der Waals surface area contributed by atoms with Crippen molar-refractivity contribution in [1.29, 1.82) is 0 Å². The SMILES string of the molecule is O=C(O)c1ncn(C2CCN(C(=O)OCC3c4ccccc4-c4ccccc43)CC2)n1. The van der Waals surface area contributed by atoms with Crippen LogP contribution >= 0.6 is 0 Å². The number of hydrogen-bond donors (Lipinski definition) is 1. The van der Waals surface area contributed by atoms with E-state index in [1.165, 1.54) is 28.6 Å². The van der Waals surface area contributed by atoms with E-state index < -0.39 is 5.97 Å². The second kappa shape index (κ2) is 7.86. The molecule has 3 aromatic rings. The summed E-state index contributed by atoms with van der Waals surface area (Å²) in [4.78, 5) is 29.2. The van der Waals surface area contributed by atoms with E-state index in [-0.39, 0.29) is 23.9 Å². The highest BCUT2D eigenvalue weighted by atomic mass is 16.6. The second-order valence-corrected chi connectivity index (χ2v) is 7.88. The molecule has 1 aromatic heterocycles. The van der Waals surface area contributed by atoms with Gasteiger partial charge >= 0.3 is 12.1 Å². The maximum atomic E-state index is 12.7. The summed E-state index contributed by atoms with van der Waals surface area (Å²) in [7, 11) is 0. The van der Waals surface area contributed by atoms with Gasteiger partial charge in [-0.3, -0.25) is 0 Å². The van der Waals surface area contributed by atoms with Crippen molar-refractivity contribution in [2.45, 2.75) is 24.8 Å². The zero-order chi connectivity index (χ0) is 21.4. The van der Waals surface area contributed by atoms with Crippen molar-refractivity contribution in [3.63, 3.8) is 0 Å². The number of piperidine rings is 1. The van der Waals surface area contributed by atoms with E-state index in [2.05, 4.69) is 34.3 Å². The Balaban J connectivity index is 1.21. The Morgan fingerprint density at radius 1 is 1.00 bits per heavy atom. The van der Waals surface area contributed by atoms with Gasteiger partial charge in [0, 0.05) is 19.0 Å². The molecule has 158 valence electrons. The Labute approximate surface area is 179 Å². The maximum absolute atomic E-state index is 12.7. The number of ether oxygens (including phenoxy) is 1. The molecular formula is C23H22N4O4. The number of aromatic nitrogens is 3. The number of nitrogens with zero attached hydrogens (tertiary/aromatic N) is 4. The van der Waals surface area contributed by atoms with Crippen LogP contribution in [0.1, 0.15) is 46.5 Å². The first-order chi connectivity index (χ1) is 15.1. The number of hydrogen-bond acceptors (Lipinski definition) is 5. The predicted octanol–water partition coefficient (Wildman–Crippen LogP) is 3.56. The molecular weight excluding hydrogens is 396 g/mol. The van der Waals surface area contributed by atoms with Crippen LogP contribution in [0.2, 0.25) is 0 Å². The molecule has 1 N–H and O–H groups in total. The highest BCUT2D eigenvalue weighted by Crippen LogP contribution is 2.44. The lowest BCUT2D eigenvalue weighted by molar-refractivity contribution is 0.0682. The number of carbonyl (C=O) groups is 2. The molecule has 2 heterocycles. The average Bonchev–Trinajstić information content (AvgIpc) is 3.42. The Morgan fingerprint density at radius 3 is 2.19 bits per heavy atom. The first-order valence-electron chi connectivity index (χ1n) is 10.4. The summed E-state index contributed by atoms with van der Waals surface area (Å²) >= 11 is 0. The fraction of sp³-hybridized carbons (Fsp3) is 0.304. The number of likely N-dealkylation sites (tertiary alicyclic amines) is 1. The summed E-state index contributed by atoms with van der Waals surface area (Å²) in [5.41, 5.74) is 4.79. The van der Waals surface area contributed by atoms with E-state index in [4.69, 9.17) is 9.84 Å². The van der Waals surface area contributed by atoms with E-state index in [1.54, 1.807) is 9.58 Å². The van der Waals surface area contributed by atoms with E-state index in [1.807, 2.05) is 24.3 Å². The maximum Gasteiger partial charge on any atom is 0.409 e. The molecule has 1 fully saturated rings. The van der Waals surface area contributed by atoms with Gasteiger partial charge in [-0.15, -0.1) is 5.10 Å². The van der Waals surface area contributed by atoms with Crippen molar-refractivity contribution >= 4 is 12.1 Å². The molecule has 2 aromatic carbocycles. The summed E-state index contributed by atoms with van der Waals surface area (Å²) in [6.45, 7) is 1.37. The van der Waals surface area contributed by atoms with Crippen LogP contribution in [-0.4, -0.2) is 56.5 Å². The molecule has 31 heavy (non-hydrogen) atoms. The number of amides is 1. The molecule has 0 radical (unpaired) electrons. The average molecular weight is 418 g/mol. The molecule has 1 aliphatic heterocycles. The summed E-state index contributed by atoms with van der Waals surface area (Å²) < 4.78 is 7.31. The van der Waals surface area contributed by atoms with Gasteiger partial charge in [-0.05, 0) is 35.1 Å². The first kappa shape index (κ1) is 19.3. The molecule has 0 atom stereocenters. The van der Waals surface area contributed by atoms with Gasteiger partial charge in [0.2, 0.25) is 0 Å². The van der Waals surface area contributed by atoms with Crippen LogP contribution in [-0.2, 0) is 4.74 Å². The molecule has 2 aliphatic rings. The van der Waals surface area contributed by atoms with Crippen LogP contribution in [0.5, 0.6) is 0 Å². The predicted molar refractivity (Wildman–Crippen MR) is 112 cm³/mol. The lowest BCUT2D eigenvalue weighted by Gasteiger charge is -2.31. The van der Waals surface area contributed by atoms with Gasteiger partial charge < -0.3 is 14.7 Å². The van der Waals surface area contributed by atoms with Crippen LogP contribution in [0.4, 0.5) is 4.79 Å². The fourth-order valence-electron chi connectivity index (χ4n) is 4.55. The summed E-state index contributed by atoms with van der Waals surface area (Å²) in [5.74, 6) is -1.31. The Morgan fingerprint density at radius 2 is 1.61 bits per heavy atom. The highest BCUT2D eigenvalue weighted by molar-refractivity contribution is 5.82. The molecule has 8 nitrogen and oxygen atoms in total. The van der Waals surface area contributed by atoms with Crippen molar-refractivity contribution < 1.29 is 19.4 Å². The van der Waals surface area contributed by atoms with E-state index in [9.17, 15) is 9.59 Å². The largest absolute Gasteiger partial charge is 0.475 e. The molecule has 1 saturated heterocycles. The number of carbonyl (C=O) groups excluding carboxylic acids is 1. The topological polar surface area (TPSA) is 97.6 Å². The molecule has 0 saturated carbocycles. The lowest BCUT2D eigenvalue weighted by Crippen LogP contribution is -2.40. The van der Waals surface area contributed by atoms with Crippen molar-refractivity contribution in [3.8, 4) is 11.1 Å². The molecule has 1 amide bonds. The number of carboxylic acid groups (broad SMARTS) is 1. The fourth-order valence-corrected chi connectivity index (χ4v) is 4.55. The smallest absolute Gasteiger partial charge is 0.409 e. The third-order valence-electron chi connectivity index (χ3n) is 6.13. The number of rotatable bonds is 4. The van der Waals surface area contributed by atoms with E-state index in [0.717, 1.165) is 0 Å². The Bertz CT molecular complexity index is 1090. The number of benzene rings is 2. The van der Waals surface area contributed by atoms with Crippen LogP contribution in [0.3, 0.4) is 0 Å². The molecule has 1 aliphatic carbocycles. The van der Waals surface area contributed by atoms with Crippen molar-refractivity contribution in [3.05, 3.63) is 71.8 Å². The molecule has 0 spiro atoms. The number of fused-ring (bicyclic) bond motifs is 3. The van der Waals surface area contributed by atoms with Gasteiger partial charge in [0.25, 0.3) is 5.82 Å².